The summed E-state index contributed by atoms with van der Waals surface area (Å²) in [5.74, 6) is -0.558. The zero-order valence-electron chi connectivity index (χ0n) is 17.0. The number of rotatable bonds is 6. The van der Waals surface area contributed by atoms with Crippen molar-refractivity contribution in [1.29, 1.82) is 0 Å². The number of carbonyl (C=O) groups is 1. The van der Waals surface area contributed by atoms with Crippen molar-refractivity contribution in [3.63, 3.8) is 0 Å². The van der Waals surface area contributed by atoms with Crippen molar-refractivity contribution in [3.8, 4) is 5.13 Å². The number of aromatic nitrogens is 3. The number of hydrogen-bond acceptors (Lipinski definition) is 4. The van der Waals surface area contributed by atoms with E-state index in [9.17, 15) is 9.18 Å². The van der Waals surface area contributed by atoms with Gasteiger partial charge in [0, 0.05) is 33.8 Å². The van der Waals surface area contributed by atoms with Crippen LogP contribution in [-0.4, -0.2) is 20.7 Å². The Labute approximate surface area is 188 Å². The zero-order chi connectivity index (χ0) is 22.0. The van der Waals surface area contributed by atoms with Gasteiger partial charge >= 0.3 is 0 Å². The standard InChI is InChI=1S/C23H20ClFN4OS/c1-14-20(11-16-5-3-4-6-21(16)24)15(2)29(28-14)23-27-19(13-31-23)12-22(30)26-18-9-7-17(25)8-10-18/h3-10,13H,11-12H2,1-2H3,(H,26,30). The molecule has 2 aromatic heterocycles. The Balaban J connectivity index is 1.49. The first-order valence-corrected chi connectivity index (χ1v) is 10.9. The van der Waals surface area contributed by atoms with E-state index in [1.54, 1.807) is 0 Å². The largest absolute Gasteiger partial charge is 0.326 e. The van der Waals surface area contributed by atoms with Gasteiger partial charge in [-0.1, -0.05) is 29.8 Å². The Bertz CT molecular complexity index is 1230. The maximum atomic E-state index is 13.0. The van der Waals surface area contributed by atoms with Crippen molar-refractivity contribution < 1.29 is 9.18 Å². The lowest BCUT2D eigenvalue weighted by Crippen LogP contribution is -2.14. The van der Waals surface area contributed by atoms with Gasteiger partial charge in [-0.25, -0.2) is 14.1 Å². The van der Waals surface area contributed by atoms with E-state index in [0.29, 0.717) is 22.9 Å². The summed E-state index contributed by atoms with van der Waals surface area (Å²) in [6.45, 7) is 3.98. The molecule has 31 heavy (non-hydrogen) atoms. The number of hydrogen-bond donors (Lipinski definition) is 1. The topological polar surface area (TPSA) is 59.8 Å². The number of aryl methyl sites for hydroxylation is 1. The van der Waals surface area contributed by atoms with Crippen LogP contribution in [0.3, 0.4) is 0 Å². The highest BCUT2D eigenvalue weighted by atomic mass is 35.5. The van der Waals surface area contributed by atoms with Crippen molar-refractivity contribution in [3.05, 3.63) is 93.0 Å². The lowest BCUT2D eigenvalue weighted by atomic mass is 10.0. The predicted octanol–water partition coefficient (Wildman–Crippen LogP) is 5.51. The molecule has 1 N–H and O–H groups in total. The highest BCUT2D eigenvalue weighted by Crippen LogP contribution is 2.26. The van der Waals surface area contributed by atoms with E-state index >= 15 is 0 Å². The van der Waals surface area contributed by atoms with Gasteiger partial charge in [0.2, 0.25) is 11.0 Å². The van der Waals surface area contributed by atoms with E-state index in [1.165, 1.54) is 35.6 Å². The third-order valence-corrected chi connectivity index (χ3v) is 6.19. The van der Waals surface area contributed by atoms with Crippen LogP contribution < -0.4 is 5.32 Å². The third-order valence-electron chi connectivity index (χ3n) is 4.96. The molecule has 4 rings (SSSR count). The molecule has 5 nitrogen and oxygen atoms in total. The highest BCUT2D eigenvalue weighted by molar-refractivity contribution is 7.12. The van der Waals surface area contributed by atoms with E-state index in [1.807, 2.05) is 48.2 Å². The molecule has 0 aliphatic heterocycles. The molecular weight excluding hydrogens is 435 g/mol. The van der Waals surface area contributed by atoms with E-state index in [0.717, 1.165) is 27.5 Å². The predicted molar refractivity (Wildman–Crippen MR) is 122 cm³/mol. The SMILES string of the molecule is Cc1nn(-c2nc(CC(=O)Nc3ccc(F)cc3)cs2)c(C)c1Cc1ccccc1Cl. The summed E-state index contributed by atoms with van der Waals surface area (Å²) in [6.07, 6.45) is 0.815. The molecule has 0 atom stereocenters. The minimum atomic E-state index is -0.346. The first-order valence-electron chi connectivity index (χ1n) is 9.69. The Hall–Kier alpha value is -3.03. The van der Waals surface area contributed by atoms with Crippen LogP contribution in [0.2, 0.25) is 5.02 Å². The van der Waals surface area contributed by atoms with Crippen LogP contribution in [0.5, 0.6) is 0 Å². The highest BCUT2D eigenvalue weighted by Gasteiger charge is 2.17. The number of thiazole rings is 1. The Morgan fingerprint density at radius 2 is 1.90 bits per heavy atom. The summed E-state index contributed by atoms with van der Waals surface area (Å²) < 4.78 is 14.8. The van der Waals surface area contributed by atoms with E-state index in [-0.39, 0.29) is 18.1 Å². The van der Waals surface area contributed by atoms with Crippen molar-refractivity contribution in [2.24, 2.45) is 0 Å². The number of benzene rings is 2. The van der Waals surface area contributed by atoms with Crippen LogP contribution in [-0.2, 0) is 17.6 Å². The Morgan fingerprint density at radius 1 is 1.16 bits per heavy atom. The number of carbonyl (C=O) groups excluding carboxylic acids is 1. The first-order chi connectivity index (χ1) is 14.9. The second-order valence-electron chi connectivity index (χ2n) is 7.18. The molecular formula is C23H20ClFN4OS. The number of nitrogens with zero attached hydrogens (tertiary/aromatic N) is 3. The van der Waals surface area contributed by atoms with Crippen LogP contribution in [0.15, 0.2) is 53.9 Å². The molecule has 2 aromatic carbocycles. The molecule has 4 aromatic rings. The molecule has 0 saturated carbocycles. The van der Waals surface area contributed by atoms with Gasteiger partial charge in [0.1, 0.15) is 5.82 Å². The molecule has 0 unspecified atom stereocenters. The molecule has 1 amide bonds. The number of nitrogens with one attached hydrogen (secondary N) is 1. The second-order valence-corrected chi connectivity index (χ2v) is 8.43. The minimum absolute atomic E-state index is 0.125. The van der Waals surface area contributed by atoms with Crippen LogP contribution >= 0.6 is 22.9 Å². The Kier molecular flexibility index (Phi) is 6.15. The summed E-state index contributed by atoms with van der Waals surface area (Å²) in [5, 5.41) is 10.7. The van der Waals surface area contributed by atoms with Gasteiger partial charge in [-0.05, 0) is 49.7 Å². The van der Waals surface area contributed by atoms with E-state index in [4.69, 9.17) is 11.6 Å². The Morgan fingerprint density at radius 3 is 2.65 bits per heavy atom. The van der Waals surface area contributed by atoms with Gasteiger partial charge in [0.05, 0.1) is 17.8 Å². The molecule has 0 aliphatic rings. The fourth-order valence-corrected chi connectivity index (χ4v) is 4.35. The maximum absolute atomic E-state index is 13.0. The van der Waals surface area contributed by atoms with Gasteiger partial charge in [-0.3, -0.25) is 4.79 Å². The number of anilines is 1. The van der Waals surface area contributed by atoms with Gasteiger partial charge in [-0.2, -0.15) is 5.10 Å². The van der Waals surface area contributed by atoms with Crippen LogP contribution in [0.1, 0.15) is 28.2 Å². The lowest BCUT2D eigenvalue weighted by Gasteiger charge is -2.05. The molecule has 158 valence electrons. The second kappa shape index (κ2) is 8.99. The molecule has 2 heterocycles. The molecule has 0 aliphatic carbocycles. The molecule has 0 saturated heterocycles. The number of halogens is 2. The molecule has 8 heteroatoms. The van der Waals surface area contributed by atoms with Crippen molar-refractivity contribution in [2.75, 3.05) is 5.32 Å². The molecule has 0 radical (unpaired) electrons. The molecule has 0 fully saturated rings. The van der Waals surface area contributed by atoms with Crippen molar-refractivity contribution in [2.45, 2.75) is 26.7 Å². The number of amides is 1. The summed E-state index contributed by atoms with van der Waals surface area (Å²) in [4.78, 5) is 16.9. The summed E-state index contributed by atoms with van der Waals surface area (Å²) in [6, 6.07) is 13.4. The van der Waals surface area contributed by atoms with E-state index in [2.05, 4.69) is 15.4 Å². The third kappa shape index (κ3) is 4.84. The van der Waals surface area contributed by atoms with E-state index < -0.39 is 0 Å². The monoisotopic (exact) mass is 454 g/mol. The van der Waals surface area contributed by atoms with Gasteiger partial charge in [0.25, 0.3) is 0 Å². The van der Waals surface area contributed by atoms with Gasteiger partial charge < -0.3 is 5.32 Å². The molecule has 0 spiro atoms. The smallest absolute Gasteiger partial charge is 0.230 e. The fourth-order valence-electron chi connectivity index (χ4n) is 3.33. The maximum Gasteiger partial charge on any atom is 0.230 e. The quantitative estimate of drug-likeness (QED) is 0.418. The van der Waals surface area contributed by atoms with Crippen molar-refractivity contribution >= 4 is 34.5 Å². The summed E-state index contributed by atoms with van der Waals surface area (Å²) >= 11 is 7.76. The summed E-state index contributed by atoms with van der Waals surface area (Å²) in [7, 11) is 0. The van der Waals surface area contributed by atoms with Gasteiger partial charge in [-0.15, -0.1) is 11.3 Å². The zero-order valence-corrected chi connectivity index (χ0v) is 18.6. The van der Waals surface area contributed by atoms with Crippen LogP contribution in [0.4, 0.5) is 10.1 Å². The fraction of sp³-hybridized carbons (Fsp3) is 0.174. The first kappa shape index (κ1) is 21.2. The lowest BCUT2D eigenvalue weighted by molar-refractivity contribution is -0.115. The minimum Gasteiger partial charge on any atom is -0.326 e. The van der Waals surface area contributed by atoms with Gasteiger partial charge in [0.15, 0.2) is 0 Å². The summed E-state index contributed by atoms with van der Waals surface area (Å²) in [5.41, 5.74) is 5.27. The normalized spacial score (nSPS) is 11.0. The van der Waals surface area contributed by atoms with Crippen LogP contribution in [0, 0.1) is 19.7 Å². The molecule has 0 bridgehead atoms. The average molecular weight is 455 g/mol. The average Bonchev–Trinajstić information content (AvgIpc) is 3.30. The van der Waals surface area contributed by atoms with Crippen molar-refractivity contribution in [1.82, 2.24) is 14.8 Å². The van der Waals surface area contributed by atoms with Crippen LogP contribution in [0.25, 0.3) is 5.13 Å².